The summed E-state index contributed by atoms with van der Waals surface area (Å²) in [5.74, 6) is -0.915. The van der Waals surface area contributed by atoms with E-state index >= 15 is 0 Å². The third-order valence-corrected chi connectivity index (χ3v) is 8.11. The zero-order valence-corrected chi connectivity index (χ0v) is 23.3. The average molecular weight is 596 g/mol. The van der Waals surface area contributed by atoms with Crippen molar-refractivity contribution in [3.8, 4) is 5.75 Å². The summed E-state index contributed by atoms with van der Waals surface area (Å²) in [7, 11) is 0. The molecular formula is C32H22ClN3O7. The topological polar surface area (TPSA) is 139 Å². The molecule has 3 heterocycles. The summed E-state index contributed by atoms with van der Waals surface area (Å²) < 4.78 is 11.5. The van der Waals surface area contributed by atoms with Crippen LogP contribution >= 0.6 is 11.6 Å². The highest BCUT2D eigenvalue weighted by atomic mass is 35.5. The number of fused-ring (bicyclic) bond motifs is 5. The third-order valence-electron chi connectivity index (χ3n) is 7.80. The summed E-state index contributed by atoms with van der Waals surface area (Å²) in [4.78, 5) is 38.8. The summed E-state index contributed by atoms with van der Waals surface area (Å²) >= 11 is 6.59. The first-order chi connectivity index (χ1) is 20.7. The van der Waals surface area contributed by atoms with E-state index in [1.807, 2.05) is 31.2 Å². The first kappa shape index (κ1) is 26.5. The molecule has 0 saturated heterocycles. The normalized spacial score (nSPS) is 15.2. The van der Waals surface area contributed by atoms with Gasteiger partial charge in [0.05, 0.1) is 10.6 Å². The van der Waals surface area contributed by atoms with Crippen LogP contribution in [0, 0.1) is 10.1 Å². The SMILES string of the molecule is CC(Cl)[C@@H]1CN(C(=O)c2cc3cc(NC(=O)c4cc5cc([N+](=O)[O-])ccc5o4)ccc3o2)c2cc(O)c3ccccc3c21. The Balaban J connectivity index is 1.17. The molecule has 0 saturated carbocycles. The average Bonchev–Trinajstić information content (AvgIpc) is 3.71. The van der Waals surface area contributed by atoms with Gasteiger partial charge in [0.1, 0.15) is 16.9 Å². The number of benzene rings is 4. The Kier molecular flexibility index (Phi) is 6.10. The number of carbonyl (C=O) groups excluding carboxylic acids is 2. The van der Waals surface area contributed by atoms with Crippen LogP contribution in [0.5, 0.6) is 5.75 Å². The van der Waals surface area contributed by atoms with E-state index in [9.17, 15) is 24.8 Å². The van der Waals surface area contributed by atoms with Gasteiger partial charge in [-0.25, -0.2) is 0 Å². The fourth-order valence-corrected chi connectivity index (χ4v) is 5.94. The summed E-state index contributed by atoms with van der Waals surface area (Å²) in [6, 6.07) is 21.2. The molecule has 0 bridgehead atoms. The Labute approximate surface area is 248 Å². The van der Waals surface area contributed by atoms with E-state index in [1.165, 1.54) is 24.3 Å². The molecule has 7 rings (SSSR count). The zero-order chi connectivity index (χ0) is 30.0. The second kappa shape index (κ2) is 9.88. The number of nitro benzene ring substituents is 1. The van der Waals surface area contributed by atoms with Gasteiger partial charge >= 0.3 is 0 Å². The van der Waals surface area contributed by atoms with E-state index in [1.54, 1.807) is 35.2 Å². The van der Waals surface area contributed by atoms with Crippen LogP contribution in [0.3, 0.4) is 0 Å². The first-order valence-corrected chi connectivity index (χ1v) is 13.8. The van der Waals surface area contributed by atoms with Crippen LogP contribution in [-0.4, -0.2) is 33.8 Å². The lowest BCUT2D eigenvalue weighted by atomic mass is 9.92. The smallest absolute Gasteiger partial charge is 0.294 e. The first-order valence-electron chi connectivity index (χ1n) is 13.4. The lowest BCUT2D eigenvalue weighted by molar-refractivity contribution is -0.384. The largest absolute Gasteiger partial charge is 0.507 e. The Morgan fingerprint density at radius 1 is 0.977 bits per heavy atom. The van der Waals surface area contributed by atoms with Crippen molar-refractivity contribution in [1.29, 1.82) is 0 Å². The maximum Gasteiger partial charge on any atom is 0.294 e. The van der Waals surface area contributed by atoms with Gasteiger partial charge in [-0.05, 0) is 54.3 Å². The molecule has 6 aromatic rings. The van der Waals surface area contributed by atoms with Crippen LogP contribution in [0.15, 0.2) is 87.7 Å². The molecule has 0 radical (unpaired) electrons. The molecule has 2 N–H and O–H groups in total. The van der Waals surface area contributed by atoms with Crippen molar-refractivity contribution in [2.45, 2.75) is 18.2 Å². The van der Waals surface area contributed by atoms with Gasteiger partial charge in [-0.3, -0.25) is 19.7 Å². The van der Waals surface area contributed by atoms with Gasteiger partial charge in [0.2, 0.25) is 0 Å². The Bertz CT molecular complexity index is 2130. The number of phenolic OH excluding ortho intramolecular Hbond substituents is 1. The number of nitro groups is 1. The van der Waals surface area contributed by atoms with Crippen molar-refractivity contribution < 1.29 is 28.5 Å². The van der Waals surface area contributed by atoms with Gasteiger partial charge in [-0.1, -0.05) is 24.3 Å². The number of hydrogen-bond acceptors (Lipinski definition) is 7. The molecule has 2 amide bonds. The van der Waals surface area contributed by atoms with Gasteiger partial charge in [0.15, 0.2) is 11.5 Å². The van der Waals surface area contributed by atoms with E-state index in [0.29, 0.717) is 45.2 Å². The summed E-state index contributed by atoms with van der Waals surface area (Å²) in [5, 5.41) is 26.8. The van der Waals surface area contributed by atoms with Crippen LogP contribution in [0.4, 0.5) is 17.1 Å². The lowest BCUT2D eigenvalue weighted by Crippen LogP contribution is -2.30. The minimum Gasteiger partial charge on any atom is -0.507 e. The minimum atomic E-state index is -0.542. The van der Waals surface area contributed by atoms with Crippen molar-refractivity contribution in [2.24, 2.45) is 0 Å². The van der Waals surface area contributed by atoms with Crippen LogP contribution in [-0.2, 0) is 0 Å². The number of aromatic hydroxyl groups is 1. The molecule has 2 aromatic heterocycles. The molecule has 214 valence electrons. The number of rotatable bonds is 5. The van der Waals surface area contributed by atoms with E-state index in [2.05, 4.69) is 5.32 Å². The number of alkyl halides is 1. The molecule has 43 heavy (non-hydrogen) atoms. The van der Waals surface area contributed by atoms with Crippen molar-refractivity contribution in [3.05, 3.63) is 106 Å². The number of phenols is 1. The molecule has 2 atom stereocenters. The molecule has 1 aliphatic heterocycles. The van der Waals surface area contributed by atoms with Crippen molar-refractivity contribution in [1.82, 2.24) is 0 Å². The van der Waals surface area contributed by atoms with Crippen LogP contribution in [0.25, 0.3) is 32.7 Å². The fourth-order valence-electron chi connectivity index (χ4n) is 5.74. The molecule has 10 nitrogen and oxygen atoms in total. The number of hydrogen-bond donors (Lipinski definition) is 2. The Morgan fingerprint density at radius 3 is 2.40 bits per heavy atom. The number of nitrogens with zero attached hydrogens (tertiary/aromatic N) is 2. The molecule has 1 unspecified atom stereocenters. The summed E-state index contributed by atoms with van der Waals surface area (Å²) in [6.45, 7) is 2.21. The quantitative estimate of drug-likeness (QED) is 0.119. The van der Waals surface area contributed by atoms with Gasteiger partial charge in [-0.2, -0.15) is 0 Å². The number of nitrogens with one attached hydrogen (secondary N) is 1. The predicted octanol–water partition coefficient (Wildman–Crippen LogP) is 7.57. The highest BCUT2D eigenvalue weighted by Gasteiger charge is 2.38. The van der Waals surface area contributed by atoms with E-state index in [4.69, 9.17) is 20.4 Å². The van der Waals surface area contributed by atoms with Crippen LogP contribution in [0.2, 0.25) is 0 Å². The number of halogens is 1. The number of non-ortho nitro benzene ring substituents is 1. The molecule has 0 aliphatic carbocycles. The Morgan fingerprint density at radius 2 is 1.65 bits per heavy atom. The van der Waals surface area contributed by atoms with Crippen molar-refractivity contribution >= 4 is 73.2 Å². The molecular weight excluding hydrogens is 574 g/mol. The van der Waals surface area contributed by atoms with E-state index in [-0.39, 0.29) is 40.2 Å². The maximum atomic E-state index is 13.8. The number of carbonyl (C=O) groups is 2. The number of amides is 2. The van der Waals surface area contributed by atoms with E-state index in [0.717, 1.165) is 10.9 Å². The summed E-state index contributed by atoms with van der Waals surface area (Å²) in [5.41, 5.74) is 2.61. The molecule has 1 aliphatic rings. The third kappa shape index (κ3) is 4.43. The van der Waals surface area contributed by atoms with Crippen molar-refractivity contribution in [2.75, 3.05) is 16.8 Å². The monoisotopic (exact) mass is 595 g/mol. The number of furan rings is 2. The lowest BCUT2D eigenvalue weighted by Gasteiger charge is -2.17. The zero-order valence-electron chi connectivity index (χ0n) is 22.5. The molecule has 4 aromatic carbocycles. The second-order valence-corrected chi connectivity index (χ2v) is 11.2. The highest BCUT2D eigenvalue weighted by Crippen LogP contribution is 2.47. The van der Waals surface area contributed by atoms with Gasteiger partial charge < -0.3 is 24.2 Å². The van der Waals surface area contributed by atoms with E-state index < -0.39 is 10.8 Å². The second-order valence-electron chi connectivity index (χ2n) is 10.5. The predicted molar refractivity (Wildman–Crippen MR) is 162 cm³/mol. The van der Waals surface area contributed by atoms with Crippen LogP contribution in [0.1, 0.15) is 39.5 Å². The number of anilines is 2. The summed E-state index contributed by atoms with van der Waals surface area (Å²) in [6.07, 6.45) is 0. The fraction of sp³-hybridized carbons (Fsp3) is 0.125. The Hall–Kier alpha value is -5.35. The molecule has 0 spiro atoms. The van der Waals surface area contributed by atoms with Crippen LogP contribution < -0.4 is 10.2 Å². The van der Waals surface area contributed by atoms with Gasteiger partial charge in [-0.15, -0.1) is 11.6 Å². The maximum absolute atomic E-state index is 13.8. The highest BCUT2D eigenvalue weighted by molar-refractivity contribution is 6.22. The minimum absolute atomic E-state index is 0.00907. The van der Waals surface area contributed by atoms with Gasteiger partial charge in [0.25, 0.3) is 17.5 Å². The van der Waals surface area contributed by atoms with Crippen molar-refractivity contribution in [3.63, 3.8) is 0 Å². The standard InChI is InChI=1S/C32H22ClN3O7/c1-16(33)23-15-35(24-14-25(37)21-4-2-3-5-22(21)30(23)24)32(39)29-13-17-10-19(6-8-26(17)43-29)34-31(38)28-12-18-11-20(36(40)41)7-9-27(18)42-28/h2-14,16,23,37H,15H2,1H3,(H,34,38)/t16?,23-/m0/s1. The molecule has 11 heteroatoms. The molecule has 0 fully saturated rings. The van der Waals surface area contributed by atoms with Gasteiger partial charge in [0, 0.05) is 57.9 Å².